The quantitative estimate of drug-likeness (QED) is 0.947. The molecular formula is C12H15BrN4. The van der Waals surface area contributed by atoms with Crippen LogP contribution < -0.4 is 5.73 Å². The van der Waals surface area contributed by atoms with Gasteiger partial charge in [0.25, 0.3) is 0 Å². The van der Waals surface area contributed by atoms with Crippen LogP contribution in [0.25, 0.3) is 11.3 Å². The number of pyridine rings is 1. The van der Waals surface area contributed by atoms with Gasteiger partial charge in [0.05, 0.1) is 6.33 Å². The molecule has 0 bridgehead atoms. The number of imidazole rings is 1. The summed E-state index contributed by atoms with van der Waals surface area (Å²) in [5, 5.41) is 0. The molecule has 0 aliphatic heterocycles. The zero-order valence-electron chi connectivity index (χ0n) is 9.89. The maximum absolute atomic E-state index is 6.09. The third-order valence-electron chi connectivity index (χ3n) is 2.42. The van der Waals surface area contributed by atoms with Crippen molar-refractivity contribution in [1.82, 2.24) is 14.5 Å². The highest BCUT2D eigenvalue weighted by Gasteiger charge is 2.11. The smallest absolute Gasteiger partial charge is 0.131 e. The van der Waals surface area contributed by atoms with Crippen LogP contribution in [-0.4, -0.2) is 14.5 Å². The standard InChI is InChI=1S/C12H15BrN4/c1-8(2)6-17-7-16-11(12(17)14)9-3-10(13)5-15-4-9/h3-5,7-8H,6,14H2,1-2H3. The number of anilines is 1. The van der Waals surface area contributed by atoms with Crippen LogP contribution in [0.2, 0.25) is 0 Å². The first-order chi connectivity index (χ1) is 8.08. The van der Waals surface area contributed by atoms with Gasteiger partial charge in [0, 0.05) is 29.0 Å². The summed E-state index contributed by atoms with van der Waals surface area (Å²) in [7, 11) is 0. The van der Waals surface area contributed by atoms with E-state index >= 15 is 0 Å². The number of hydrogen-bond acceptors (Lipinski definition) is 3. The number of rotatable bonds is 3. The Hall–Kier alpha value is -1.36. The SMILES string of the molecule is CC(C)Cn1cnc(-c2cncc(Br)c2)c1N. The lowest BCUT2D eigenvalue weighted by molar-refractivity contribution is 0.527. The molecule has 5 heteroatoms. The van der Waals surface area contributed by atoms with Gasteiger partial charge in [-0.2, -0.15) is 0 Å². The third kappa shape index (κ3) is 2.66. The Balaban J connectivity index is 2.37. The molecule has 0 unspecified atom stereocenters. The van der Waals surface area contributed by atoms with Gasteiger partial charge in [-0.3, -0.25) is 4.98 Å². The van der Waals surface area contributed by atoms with E-state index in [9.17, 15) is 0 Å². The Bertz CT molecular complexity index is 519. The average molecular weight is 295 g/mol. The first-order valence-corrected chi connectivity index (χ1v) is 6.28. The summed E-state index contributed by atoms with van der Waals surface area (Å²) < 4.78 is 2.90. The summed E-state index contributed by atoms with van der Waals surface area (Å²) in [4.78, 5) is 8.48. The minimum atomic E-state index is 0.542. The first kappa shape index (κ1) is 12.1. The Morgan fingerprint density at radius 1 is 1.41 bits per heavy atom. The van der Waals surface area contributed by atoms with E-state index in [0.717, 1.165) is 22.3 Å². The highest BCUT2D eigenvalue weighted by atomic mass is 79.9. The predicted molar refractivity (Wildman–Crippen MR) is 72.4 cm³/mol. The van der Waals surface area contributed by atoms with Crippen LogP contribution in [0, 0.1) is 5.92 Å². The Kier molecular flexibility index (Phi) is 3.47. The van der Waals surface area contributed by atoms with Gasteiger partial charge in [0.15, 0.2) is 0 Å². The Morgan fingerprint density at radius 2 is 2.18 bits per heavy atom. The minimum Gasteiger partial charge on any atom is -0.383 e. The highest BCUT2D eigenvalue weighted by molar-refractivity contribution is 9.10. The molecule has 2 heterocycles. The molecule has 0 aliphatic carbocycles. The molecule has 2 N–H and O–H groups in total. The summed E-state index contributed by atoms with van der Waals surface area (Å²) in [5.41, 5.74) is 7.81. The van der Waals surface area contributed by atoms with E-state index in [1.54, 1.807) is 18.7 Å². The average Bonchev–Trinajstić information content (AvgIpc) is 2.60. The largest absolute Gasteiger partial charge is 0.383 e. The zero-order chi connectivity index (χ0) is 12.4. The molecule has 2 aromatic heterocycles. The first-order valence-electron chi connectivity index (χ1n) is 5.49. The van der Waals surface area contributed by atoms with Gasteiger partial charge in [-0.05, 0) is 27.9 Å². The molecular weight excluding hydrogens is 280 g/mol. The minimum absolute atomic E-state index is 0.542. The topological polar surface area (TPSA) is 56.7 Å². The lowest BCUT2D eigenvalue weighted by atomic mass is 10.2. The lowest BCUT2D eigenvalue weighted by Gasteiger charge is -2.08. The van der Waals surface area contributed by atoms with Crippen molar-refractivity contribution in [3.05, 3.63) is 29.3 Å². The normalized spacial score (nSPS) is 11.1. The molecule has 0 saturated heterocycles. The van der Waals surface area contributed by atoms with Crippen molar-refractivity contribution in [3.63, 3.8) is 0 Å². The van der Waals surface area contributed by atoms with E-state index in [2.05, 4.69) is 39.7 Å². The fourth-order valence-electron chi connectivity index (χ4n) is 1.69. The second-order valence-corrected chi connectivity index (χ2v) is 5.33. The van der Waals surface area contributed by atoms with Crippen molar-refractivity contribution >= 4 is 21.7 Å². The van der Waals surface area contributed by atoms with Crippen molar-refractivity contribution in [2.75, 3.05) is 5.73 Å². The Labute approximate surface area is 109 Å². The van der Waals surface area contributed by atoms with Gasteiger partial charge in [0.1, 0.15) is 11.5 Å². The van der Waals surface area contributed by atoms with Gasteiger partial charge < -0.3 is 10.3 Å². The molecule has 17 heavy (non-hydrogen) atoms. The fourth-order valence-corrected chi connectivity index (χ4v) is 2.06. The van der Waals surface area contributed by atoms with Gasteiger partial charge >= 0.3 is 0 Å². The fraction of sp³-hybridized carbons (Fsp3) is 0.333. The second kappa shape index (κ2) is 4.87. The van der Waals surface area contributed by atoms with Crippen LogP contribution in [-0.2, 0) is 6.54 Å². The van der Waals surface area contributed by atoms with Crippen LogP contribution in [0.5, 0.6) is 0 Å². The van der Waals surface area contributed by atoms with Crippen LogP contribution >= 0.6 is 15.9 Å². The van der Waals surface area contributed by atoms with Crippen molar-refractivity contribution < 1.29 is 0 Å². The molecule has 0 atom stereocenters. The summed E-state index contributed by atoms with van der Waals surface area (Å²) in [6.07, 6.45) is 5.29. The van der Waals surface area contributed by atoms with E-state index in [1.807, 2.05) is 10.6 Å². The predicted octanol–water partition coefficient (Wildman–Crippen LogP) is 2.95. The number of aromatic nitrogens is 3. The van der Waals surface area contributed by atoms with E-state index < -0.39 is 0 Å². The van der Waals surface area contributed by atoms with E-state index in [4.69, 9.17) is 5.73 Å². The van der Waals surface area contributed by atoms with Gasteiger partial charge in [-0.15, -0.1) is 0 Å². The number of hydrogen-bond donors (Lipinski definition) is 1. The number of nitrogens with zero attached hydrogens (tertiary/aromatic N) is 3. The monoisotopic (exact) mass is 294 g/mol. The summed E-state index contributed by atoms with van der Waals surface area (Å²) in [6.45, 7) is 5.18. The molecule has 0 fully saturated rings. The van der Waals surface area contributed by atoms with Crippen molar-refractivity contribution in [3.8, 4) is 11.3 Å². The van der Waals surface area contributed by atoms with E-state index in [1.165, 1.54) is 0 Å². The van der Waals surface area contributed by atoms with Crippen LogP contribution in [0.3, 0.4) is 0 Å². The highest BCUT2D eigenvalue weighted by Crippen LogP contribution is 2.26. The van der Waals surface area contributed by atoms with E-state index in [-0.39, 0.29) is 0 Å². The van der Waals surface area contributed by atoms with Gasteiger partial charge in [-0.25, -0.2) is 4.98 Å². The molecule has 0 amide bonds. The molecule has 2 aromatic rings. The molecule has 0 radical (unpaired) electrons. The summed E-state index contributed by atoms with van der Waals surface area (Å²) in [6, 6.07) is 1.96. The van der Waals surface area contributed by atoms with Crippen LogP contribution in [0.1, 0.15) is 13.8 Å². The van der Waals surface area contributed by atoms with Crippen molar-refractivity contribution in [1.29, 1.82) is 0 Å². The molecule has 90 valence electrons. The Morgan fingerprint density at radius 3 is 2.82 bits per heavy atom. The van der Waals surface area contributed by atoms with Crippen molar-refractivity contribution in [2.24, 2.45) is 5.92 Å². The summed E-state index contributed by atoms with van der Waals surface area (Å²) >= 11 is 3.39. The van der Waals surface area contributed by atoms with E-state index in [0.29, 0.717) is 11.7 Å². The molecule has 0 saturated carbocycles. The third-order valence-corrected chi connectivity index (χ3v) is 2.85. The number of halogens is 1. The number of nitrogen functional groups attached to an aromatic ring is 1. The maximum Gasteiger partial charge on any atom is 0.131 e. The summed E-state index contributed by atoms with van der Waals surface area (Å²) in [5.74, 6) is 1.23. The lowest BCUT2D eigenvalue weighted by Crippen LogP contribution is -2.06. The van der Waals surface area contributed by atoms with Crippen molar-refractivity contribution in [2.45, 2.75) is 20.4 Å². The second-order valence-electron chi connectivity index (χ2n) is 4.42. The molecule has 2 rings (SSSR count). The van der Waals surface area contributed by atoms with Crippen LogP contribution in [0.15, 0.2) is 29.3 Å². The molecule has 0 spiro atoms. The molecule has 4 nitrogen and oxygen atoms in total. The molecule has 0 aromatic carbocycles. The van der Waals surface area contributed by atoms with Crippen LogP contribution in [0.4, 0.5) is 5.82 Å². The maximum atomic E-state index is 6.09. The number of nitrogens with two attached hydrogens (primary N) is 1. The zero-order valence-corrected chi connectivity index (χ0v) is 11.5. The van der Waals surface area contributed by atoms with Gasteiger partial charge in [0.2, 0.25) is 0 Å². The van der Waals surface area contributed by atoms with Gasteiger partial charge in [-0.1, -0.05) is 13.8 Å². The molecule has 0 aliphatic rings.